The number of benzene rings is 1. The average Bonchev–Trinajstić information content (AvgIpc) is 3.32. The van der Waals surface area contributed by atoms with Crippen molar-refractivity contribution in [1.29, 1.82) is 0 Å². The Balaban J connectivity index is 1.32. The molecule has 2 saturated heterocycles. The lowest BCUT2D eigenvalue weighted by Gasteiger charge is -2.38. The van der Waals surface area contributed by atoms with E-state index in [0.717, 1.165) is 41.7 Å². The minimum Gasteiger partial charge on any atom is -0.497 e. The Morgan fingerprint density at radius 1 is 1.15 bits per heavy atom. The molecule has 10 heteroatoms. The summed E-state index contributed by atoms with van der Waals surface area (Å²) in [5.74, 6) is 1.72. The molecule has 9 nitrogen and oxygen atoms in total. The van der Waals surface area contributed by atoms with E-state index < -0.39 is 0 Å². The molecular formula is C23H31N5O4S. The van der Waals surface area contributed by atoms with E-state index in [9.17, 15) is 9.59 Å². The van der Waals surface area contributed by atoms with Crippen molar-refractivity contribution < 1.29 is 19.1 Å². The molecule has 178 valence electrons. The van der Waals surface area contributed by atoms with Crippen LogP contribution in [0.4, 0.5) is 9.93 Å². The van der Waals surface area contributed by atoms with Crippen LogP contribution in [0.5, 0.6) is 5.75 Å². The van der Waals surface area contributed by atoms with Crippen molar-refractivity contribution in [3.05, 3.63) is 35.7 Å². The molecular weight excluding hydrogens is 442 g/mol. The van der Waals surface area contributed by atoms with Crippen LogP contribution in [0.1, 0.15) is 31.2 Å². The number of methoxy groups -OCH3 is 1. The smallest absolute Gasteiger partial charge is 0.409 e. The fourth-order valence-corrected chi connectivity index (χ4v) is 5.06. The van der Waals surface area contributed by atoms with Crippen LogP contribution in [0, 0.1) is 5.92 Å². The molecule has 0 N–H and O–H groups in total. The first-order valence-electron chi connectivity index (χ1n) is 11.5. The molecule has 0 saturated carbocycles. The van der Waals surface area contributed by atoms with Crippen molar-refractivity contribution in [2.75, 3.05) is 57.9 Å². The van der Waals surface area contributed by atoms with E-state index >= 15 is 0 Å². The van der Waals surface area contributed by atoms with Crippen LogP contribution in [0.2, 0.25) is 0 Å². The van der Waals surface area contributed by atoms with Crippen LogP contribution in [0.3, 0.4) is 0 Å². The number of carbonyl (C=O) groups is 2. The summed E-state index contributed by atoms with van der Waals surface area (Å²) >= 11 is 1.39. The molecule has 1 unspecified atom stereocenters. The third-order valence-electron chi connectivity index (χ3n) is 6.11. The van der Waals surface area contributed by atoms with Gasteiger partial charge in [0.2, 0.25) is 11.0 Å². The molecule has 2 aliphatic rings. The van der Waals surface area contributed by atoms with Crippen LogP contribution < -0.4 is 9.64 Å². The van der Waals surface area contributed by atoms with E-state index in [1.165, 1.54) is 11.5 Å². The molecule has 0 bridgehead atoms. The Hall–Kier alpha value is -2.88. The van der Waals surface area contributed by atoms with Gasteiger partial charge >= 0.3 is 6.09 Å². The number of piperazine rings is 1. The van der Waals surface area contributed by atoms with E-state index in [1.807, 2.05) is 29.2 Å². The van der Waals surface area contributed by atoms with Gasteiger partial charge in [-0.1, -0.05) is 12.1 Å². The van der Waals surface area contributed by atoms with E-state index in [1.54, 1.807) is 18.9 Å². The Kier molecular flexibility index (Phi) is 7.64. The lowest BCUT2D eigenvalue weighted by atomic mass is 9.96. The van der Waals surface area contributed by atoms with Gasteiger partial charge in [-0.25, -0.2) is 9.78 Å². The van der Waals surface area contributed by atoms with Gasteiger partial charge < -0.3 is 24.2 Å². The molecule has 33 heavy (non-hydrogen) atoms. The molecule has 2 aromatic rings. The largest absolute Gasteiger partial charge is 0.497 e. The van der Waals surface area contributed by atoms with Crippen LogP contribution in [0.25, 0.3) is 0 Å². The number of carbonyl (C=O) groups excluding carboxylic acids is 2. The Morgan fingerprint density at radius 2 is 1.94 bits per heavy atom. The molecule has 3 heterocycles. The average molecular weight is 474 g/mol. The number of hydrogen-bond acceptors (Lipinski definition) is 8. The van der Waals surface area contributed by atoms with Crippen LogP contribution in [-0.4, -0.2) is 84.1 Å². The summed E-state index contributed by atoms with van der Waals surface area (Å²) < 4.78 is 14.9. The van der Waals surface area contributed by atoms with Gasteiger partial charge in [0, 0.05) is 57.2 Å². The predicted molar refractivity (Wildman–Crippen MR) is 126 cm³/mol. The van der Waals surface area contributed by atoms with E-state index in [2.05, 4.69) is 9.27 Å². The molecule has 1 aromatic carbocycles. The summed E-state index contributed by atoms with van der Waals surface area (Å²) in [6, 6.07) is 7.93. The Morgan fingerprint density at radius 3 is 2.70 bits per heavy atom. The quantitative estimate of drug-likeness (QED) is 0.637. The van der Waals surface area contributed by atoms with E-state index in [4.69, 9.17) is 14.5 Å². The fraction of sp³-hybridized carbons (Fsp3) is 0.565. The van der Waals surface area contributed by atoms with Gasteiger partial charge in [0.25, 0.3) is 0 Å². The lowest BCUT2D eigenvalue weighted by molar-refractivity contribution is -0.137. The minimum absolute atomic E-state index is 0.0568. The van der Waals surface area contributed by atoms with Gasteiger partial charge in [0.1, 0.15) is 11.6 Å². The van der Waals surface area contributed by atoms with Crippen LogP contribution in [-0.2, 0) is 16.0 Å². The second-order valence-electron chi connectivity index (χ2n) is 8.32. The van der Waals surface area contributed by atoms with Crippen LogP contribution >= 0.6 is 11.5 Å². The van der Waals surface area contributed by atoms with E-state index in [0.29, 0.717) is 45.8 Å². The van der Waals surface area contributed by atoms with Gasteiger partial charge in [-0.2, -0.15) is 4.37 Å². The molecule has 2 amide bonds. The highest BCUT2D eigenvalue weighted by atomic mass is 32.1. The number of nitrogens with zero attached hydrogens (tertiary/aromatic N) is 5. The monoisotopic (exact) mass is 473 g/mol. The van der Waals surface area contributed by atoms with Crippen molar-refractivity contribution in [3.63, 3.8) is 0 Å². The third-order valence-corrected chi connectivity index (χ3v) is 6.93. The number of piperidine rings is 1. The van der Waals surface area contributed by atoms with Gasteiger partial charge in [0.05, 0.1) is 19.6 Å². The molecule has 4 rings (SSSR count). The number of aromatic nitrogens is 2. The summed E-state index contributed by atoms with van der Waals surface area (Å²) in [4.78, 5) is 35.6. The number of amides is 2. The maximum absolute atomic E-state index is 13.2. The minimum atomic E-state index is -0.297. The second-order valence-corrected chi connectivity index (χ2v) is 9.05. The normalized spacial score (nSPS) is 18.8. The zero-order valence-electron chi connectivity index (χ0n) is 19.2. The van der Waals surface area contributed by atoms with Crippen molar-refractivity contribution in [3.8, 4) is 5.75 Å². The molecule has 0 radical (unpaired) electrons. The summed E-state index contributed by atoms with van der Waals surface area (Å²) in [6.45, 7) is 5.85. The highest BCUT2D eigenvalue weighted by molar-refractivity contribution is 7.09. The first-order chi connectivity index (χ1) is 16.1. The second kappa shape index (κ2) is 10.8. The maximum atomic E-state index is 13.2. The Bertz CT molecular complexity index is 960. The van der Waals surface area contributed by atoms with Crippen molar-refractivity contribution in [1.82, 2.24) is 19.2 Å². The van der Waals surface area contributed by atoms with Crippen molar-refractivity contribution >= 4 is 28.7 Å². The fourth-order valence-electron chi connectivity index (χ4n) is 4.34. The lowest BCUT2D eigenvalue weighted by Crippen LogP contribution is -2.53. The number of rotatable bonds is 6. The first kappa shape index (κ1) is 23.3. The first-order valence-corrected chi connectivity index (χ1v) is 12.3. The van der Waals surface area contributed by atoms with Gasteiger partial charge in [0.15, 0.2) is 0 Å². The SMILES string of the molecule is CCOC(=O)N1CCN(C(=O)C2CCCN(c3nc(Cc4cccc(OC)c4)ns3)C2)CC1. The molecule has 0 aliphatic carbocycles. The summed E-state index contributed by atoms with van der Waals surface area (Å²) in [6.07, 6.45) is 2.18. The maximum Gasteiger partial charge on any atom is 0.409 e. The Labute approximate surface area is 198 Å². The summed E-state index contributed by atoms with van der Waals surface area (Å²) in [5.41, 5.74) is 1.10. The number of ether oxygens (including phenoxy) is 2. The van der Waals surface area contributed by atoms with Crippen molar-refractivity contribution in [2.45, 2.75) is 26.2 Å². The zero-order chi connectivity index (χ0) is 23.2. The van der Waals surface area contributed by atoms with E-state index in [-0.39, 0.29) is 17.9 Å². The highest BCUT2D eigenvalue weighted by Gasteiger charge is 2.33. The number of anilines is 1. The highest BCUT2D eigenvalue weighted by Crippen LogP contribution is 2.27. The van der Waals surface area contributed by atoms with Gasteiger partial charge in [-0.05, 0) is 37.5 Å². The molecule has 2 aliphatic heterocycles. The topological polar surface area (TPSA) is 88.1 Å². The zero-order valence-corrected chi connectivity index (χ0v) is 20.1. The predicted octanol–water partition coefficient (Wildman–Crippen LogP) is 2.65. The third kappa shape index (κ3) is 5.73. The standard InChI is InChI=1S/C23H31N5O4S/c1-3-32-23(30)27-12-10-26(11-13-27)21(29)18-7-5-9-28(16-18)22-24-20(25-33-22)15-17-6-4-8-19(14-17)31-2/h4,6,8,14,18H,3,5,7,9-13,15-16H2,1-2H3. The van der Waals surface area contributed by atoms with Gasteiger partial charge in [-0.15, -0.1) is 0 Å². The molecule has 1 aromatic heterocycles. The van der Waals surface area contributed by atoms with Gasteiger partial charge in [-0.3, -0.25) is 4.79 Å². The molecule has 1 atom stereocenters. The summed E-state index contributed by atoms with van der Waals surface area (Å²) in [5, 5.41) is 0.873. The number of hydrogen-bond donors (Lipinski definition) is 0. The van der Waals surface area contributed by atoms with Crippen molar-refractivity contribution in [2.24, 2.45) is 5.92 Å². The summed E-state index contributed by atoms with van der Waals surface area (Å²) in [7, 11) is 1.66. The molecule has 2 fully saturated rings. The molecule has 0 spiro atoms. The van der Waals surface area contributed by atoms with Crippen LogP contribution in [0.15, 0.2) is 24.3 Å².